The molecule has 0 aliphatic rings. The molecule has 142 valence electrons. The standard InChI is InChI=1S/C20H18F3NO3/c1-2-12-10-16(13-5-7-14(8-6-13)27-20(21,22)23)19-15(4-3-9-24-19)18(12)17(26)11-25/h3-10,17,25-26H,2,11H2,1H3/t17-/m0/s1. The van der Waals surface area contributed by atoms with Crippen LogP contribution >= 0.6 is 0 Å². The van der Waals surface area contributed by atoms with Gasteiger partial charge in [-0.15, -0.1) is 13.2 Å². The fourth-order valence-electron chi connectivity index (χ4n) is 3.16. The van der Waals surface area contributed by atoms with Crippen LogP contribution in [-0.4, -0.2) is 28.2 Å². The number of benzene rings is 2. The maximum absolute atomic E-state index is 12.3. The number of aliphatic hydroxyl groups excluding tert-OH is 2. The van der Waals surface area contributed by atoms with Gasteiger partial charge in [-0.1, -0.05) is 25.1 Å². The van der Waals surface area contributed by atoms with Crippen molar-refractivity contribution in [2.45, 2.75) is 25.8 Å². The Kier molecular flexibility index (Phi) is 5.34. The average molecular weight is 377 g/mol. The molecule has 2 aromatic carbocycles. The lowest BCUT2D eigenvalue weighted by Gasteiger charge is -2.18. The number of aromatic nitrogens is 1. The van der Waals surface area contributed by atoms with Crippen molar-refractivity contribution in [2.75, 3.05) is 6.61 Å². The maximum atomic E-state index is 12.3. The first-order chi connectivity index (χ1) is 12.8. The van der Waals surface area contributed by atoms with Gasteiger partial charge in [-0.2, -0.15) is 0 Å². The number of alkyl halides is 3. The Labute approximate surface area is 153 Å². The second kappa shape index (κ2) is 7.54. The SMILES string of the molecule is CCc1cc(-c2ccc(OC(F)(F)F)cc2)c2ncccc2c1[C@@H](O)CO. The third kappa shape index (κ3) is 4.04. The van der Waals surface area contributed by atoms with E-state index in [0.29, 0.717) is 28.5 Å². The summed E-state index contributed by atoms with van der Waals surface area (Å²) in [7, 11) is 0. The zero-order valence-corrected chi connectivity index (χ0v) is 14.5. The molecule has 0 radical (unpaired) electrons. The number of hydrogen-bond donors (Lipinski definition) is 2. The van der Waals surface area contributed by atoms with Crippen LogP contribution in [0.4, 0.5) is 13.2 Å². The first kappa shape index (κ1) is 19.1. The van der Waals surface area contributed by atoms with E-state index in [9.17, 15) is 23.4 Å². The summed E-state index contributed by atoms with van der Waals surface area (Å²) in [5.41, 5.74) is 3.45. The first-order valence-electron chi connectivity index (χ1n) is 8.39. The summed E-state index contributed by atoms with van der Waals surface area (Å²) in [5, 5.41) is 20.3. The van der Waals surface area contributed by atoms with Crippen molar-refractivity contribution in [1.29, 1.82) is 0 Å². The third-order valence-electron chi connectivity index (χ3n) is 4.30. The third-order valence-corrected chi connectivity index (χ3v) is 4.30. The van der Waals surface area contributed by atoms with E-state index in [4.69, 9.17) is 0 Å². The van der Waals surface area contributed by atoms with E-state index in [1.807, 2.05) is 13.0 Å². The Morgan fingerprint density at radius 2 is 1.85 bits per heavy atom. The van der Waals surface area contributed by atoms with Crippen LogP contribution in [0.15, 0.2) is 48.7 Å². The van der Waals surface area contributed by atoms with Gasteiger partial charge in [-0.3, -0.25) is 4.98 Å². The molecule has 0 saturated heterocycles. The Balaban J connectivity index is 2.15. The lowest BCUT2D eigenvalue weighted by Crippen LogP contribution is -2.16. The number of aliphatic hydroxyl groups is 2. The van der Waals surface area contributed by atoms with E-state index in [2.05, 4.69) is 9.72 Å². The number of aryl methyl sites for hydroxylation is 1. The van der Waals surface area contributed by atoms with Gasteiger partial charge in [-0.25, -0.2) is 0 Å². The number of nitrogens with zero attached hydrogens (tertiary/aromatic N) is 1. The summed E-state index contributed by atoms with van der Waals surface area (Å²) in [6.45, 7) is 1.51. The molecule has 3 rings (SSSR count). The molecule has 0 amide bonds. The normalized spacial score (nSPS) is 13.0. The molecule has 2 N–H and O–H groups in total. The summed E-state index contributed by atoms with van der Waals surface area (Å²) in [4.78, 5) is 4.39. The van der Waals surface area contributed by atoms with Crippen LogP contribution in [0.2, 0.25) is 0 Å². The van der Waals surface area contributed by atoms with Crippen LogP contribution in [-0.2, 0) is 6.42 Å². The van der Waals surface area contributed by atoms with Gasteiger partial charge in [0.25, 0.3) is 0 Å². The summed E-state index contributed by atoms with van der Waals surface area (Å²) in [6, 6.07) is 11.0. The molecule has 0 saturated carbocycles. The molecular weight excluding hydrogens is 359 g/mol. The van der Waals surface area contributed by atoms with Crippen molar-refractivity contribution >= 4 is 10.9 Å². The Hall–Kier alpha value is -2.64. The molecule has 27 heavy (non-hydrogen) atoms. The molecule has 0 bridgehead atoms. The molecular formula is C20H18F3NO3. The van der Waals surface area contributed by atoms with E-state index < -0.39 is 19.1 Å². The van der Waals surface area contributed by atoms with Crippen molar-refractivity contribution in [3.63, 3.8) is 0 Å². The zero-order valence-electron chi connectivity index (χ0n) is 14.5. The predicted octanol–water partition coefficient (Wildman–Crippen LogP) is 4.39. The van der Waals surface area contributed by atoms with Gasteiger partial charge in [0.2, 0.25) is 0 Å². The van der Waals surface area contributed by atoms with Gasteiger partial charge in [0.05, 0.1) is 12.1 Å². The van der Waals surface area contributed by atoms with Gasteiger partial charge >= 0.3 is 6.36 Å². The van der Waals surface area contributed by atoms with E-state index in [1.54, 1.807) is 18.3 Å². The highest BCUT2D eigenvalue weighted by Crippen LogP contribution is 2.36. The lowest BCUT2D eigenvalue weighted by atomic mass is 9.90. The van der Waals surface area contributed by atoms with Crippen molar-refractivity contribution < 1.29 is 28.1 Å². The van der Waals surface area contributed by atoms with Crippen molar-refractivity contribution in [3.05, 3.63) is 59.8 Å². The molecule has 4 nitrogen and oxygen atoms in total. The smallest absolute Gasteiger partial charge is 0.406 e. The number of ether oxygens (including phenoxy) is 1. The highest BCUT2D eigenvalue weighted by atomic mass is 19.4. The number of pyridine rings is 1. The first-order valence-corrected chi connectivity index (χ1v) is 8.39. The van der Waals surface area contributed by atoms with Crippen molar-refractivity contribution in [3.8, 4) is 16.9 Å². The predicted molar refractivity (Wildman–Crippen MR) is 95.3 cm³/mol. The topological polar surface area (TPSA) is 62.6 Å². The number of hydrogen-bond acceptors (Lipinski definition) is 4. The second-order valence-corrected chi connectivity index (χ2v) is 6.02. The minimum Gasteiger partial charge on any atom is -0.406 e. The van der Waals surface area contributed by atoms with E-state index in [0.717, 1.165) is 11.1 Å². The van der Waals surface area contributed by atoms with Gasteiger partial charge in [0.15, 0.2) is 0 Å². The average Bonchev–Trinajstić information content (AvgIpc) is 2.65. The molecule has 1 aromatic heterocycles. The molecule has 0 spiro atoms. The monoisotopic (exact) mass is 377 g/mol. The number of rotatable bonds is 5. The molecule has 0 unspecified atom stereocenters. The molecule has 0 aliphatic carbocycles. The van der Waals surface area contributed by atoms with E-state index >= 15 is 0 Å². The van der Waals surface area contributed by atoms with Gasteiger partial charge < -0.3 is 14.9 Å². The minimum atomic E-state index is -4.74. The summed E-state index contributed by atoms with van der Waals surface area (Å²) in [6.07, 6.45) is -3.57. The molecule has 0 fully saturated rings. The largest absolute Gasteiger partial charge is 0.573 e. The van der Waals surface area contributed by atoms with Crippen LogP contribution in [0, 0.1) is 0 Å². The van der Waals surface area contributed by atoms with Crippen LogP contribution in [0.3, 0.4) is 0 Å². The summed E-state index contributed by atoms with van der Waals surface area (Å²) in [5.74, 6) is -0.299. The maximum Gasteiger partial charge on any atom is 0.573 e. The van der Waals surface area contributed by atoms with Crippen LogP contribution < -0.4 is 4.74 Å². The van der Waals surface area contributed by atoms with Gasteiger partial charge in [0.1, 0.15) is 11.9 Å². The van der Waals surface area contributed by atoms with Crippen molar-refractivity contribution in [1.82, 2.24) is 4.98 Å². The van der Waals surface area contributed by atoms with E-state index in [-0.39, 0.29) is 5.75 Å². The van der Waals surface area contributed by atoms with Crippen molar-refractivity contribution in [2.24, 2.45) is 0 Å². The molecule has 3 aromatic rings. The Morgan fingerprint density at radius 1 is 1.15 bits per heavy atom. The highest BCUT2D eigenvalue weighted by molar-refractivity contribution is 5.96. The number of halogens is 3. The Bertz CT molecular complexity index is 940. The number of fused-ring (bicyclic) bond motifs is 1. The quantitative estimate of drug-likeness (QED) is 0.692. The second-order valence-electron chi connectivity index (χ2n) is 6.02. The highest BCUT2D eigenvalue weighted by Gasteiger charge is 2.31. The molecule has 7 heteroatoms. The van der Waals surface area contributed by atoms with Gasteiger partial charge in [0, 0.05) is 17.1 Å². The van der Waals surface area contributed by atoms with E-state index in [1.165, 1.54) is 24.3 Å². The van der Waals surface area contributed by atoms with Crippen LogP contribution in [0.1, 0.15) is 24.2 Å². The summed E-state index contributed by atoms with van der Waals surface area (Å²) >= 11 is 0. The fraction of sp³-hybridized carbons (Fsp3) is 0.250. The lowest BCUT2D eigenvalue weighted by molar-refractivity contribution is -0.274. The zero-order chi connectivity index (χ0) is 19.6. The molecule has 0 aliphatic heterocycles. The van der Waals surface area contributed by atoms with Gasteiger partial charge in [-0.05, 0) is 47.4 Å². The fourth-order valence-corrected chi connectivity index (χ4v) is 3.16. The molecule has 1 heterocycles. The Morgan fingerprint density at radius 3 is 2.44 bits per heavy atom. The molecule has 1 atom stereocenters. The van der Waals surface area contributed by atoms with Crippen LogP contribution in [0.5, 0.6) is 5.75 Å². The minimum absolute atomic E-state index is 0.299. The van der Waals surface area contributed by atoms with Crippen LogP contribution in [0.25, 0.3) is 22.0 Å². The summed E-state index contributed by atoms with van der Waals surface area (Å²) < 4.78 is 41.0.